The molecule has 1 saturated heterocycles. The van der Waals surface area contributed by atoms with Gasteiger partial charge in [0, 0.05) is 25.5 Å². The van der Waals surface area contributed by atoms with Crippen molar-refractivity contribution in [3.63, 3.8) is 0 Å². The van der Waals surface area contributed by atoms with Crippen molar-refractivity contribution in [2.45, 2.75) is 25.9 Å². The van der Waals surface area contributed by atoms with Crippen molar-refractivity contribution < 1.29 is 4.84 Å². The summed E-state index contributed by atoms with van der Waals surface area (Å²) in [5.74, 6) is 0. The van der Waals surface area contributed by atoms with E-state index in [1.807, 2.05) is 0 Å². The van der Waals surface area contributed by atoms with E-state index >= 15 is 0 Å². The van der Waals surface area contributed by atoms with Crippen molar-refractivity contribution in [2.75, 3.05) is 18.0 Å². The normalized spacial score (nSPS) is 15.9. The molecule has 1 aromatic rings. The van der Waals surface area contributed by atoms with Crippen LogP contribution in [0.3, 0.4) is 0 Å². The van der Waals surface area contributed by atoms with Crippen molar-refractivity contribution in [3.8, 4) is 0 Å². The van der Waals surface area contributed by atoms with Crippen LogP contribution in [-0.4, -0.2) is 19.8 Å². The Kier molecular flexibility index (Phi) is 3.81. The molecule has 0 amide bonds. The molecular formula is C13H18N2O. The lowest BCUT2D eigenvalue weighted by Crippen LogP contribution is -2.29. The molecule has 0 aromatic heterocycles. The first-order valence-electron chi connectivity index (χ1n) is 5.82. The maximum absolute atomic E-state index is 4.91. The van der Waals surface area contributed by atoms with E-state index in [1.54, 1.807) is 0 Å². The number of rotatable bonds is 4. The summed E-state index contributed by atoms with van der Waals surface area (Å²) < 4.78 is 0. The lowest BCUT2D eigenvalue weighted by Gasteiger charge is -2.28. The van der Waals surface area contributed by atoms with Gasteiger partial charge in [-0.3, -0.25) is 0 Å². The Balaban J connectivity index is 1.97. The zero-order chi connectivity index (χ0) is 11.2. The van der Waals surface area contributed by atoms with Crippen LogP contribution in [0.1, 0.15) is 24.8 Å². The Morgan fingerprint density at radius 3 is 2.44 bits per heavy atom. The highest BCUT2D eigenvalue weighted by Gasteiger charge is 2.10. The number of hydrogen-bond donors (Lipinski definition) is 0. The van der Waals surface area contributed by atoms with Gasteiger partial charge < -0.3 is 9.74 Å². The highest BCUT2D eigenvalue weighted by molar-refractivity contribution is 5.47. The molecule has 0 unspecified atom stereocenters. The van der Waals surface area contributed by atoms with E-state index in [1.165, 1.54) is 38.0 Å². The Hall–Kier alpha value is -1.51. The number of piperidine rings is 1. The van der Waals surface area contributed by atoms with Gasteiger partial charge in [0.2, 0.25) is 0 Å². The van der Waals surface area contributed by atoms with E-state index in [4.69, 9.17) is 4.84 Å². The molecule has 0 atom stereocenters. The van der Waals surface area contributed by atoms with Gasteiger partial charge in [0.25, 0.3) is 0 Å². The van der Waals surface area contributed by atoms with Crippen molar-refractivity contribution in [1.82, 2.24) is 0 Å². The first-order valence-corrected chi connectivity index (χ1v) is 5.82. The van der Waals surface area contributed by atoms with Gasteiger partial charge >= 0.3 is 0 Å². The van der Waals surface area contributed by atoms with Crippen LogP contribution in [0.25, 0.3) is 0 Å². The number of hydrogen-bond acceptors (Lipinski definition) is 3. The molecule has 3 heteroatoms. The lowest BCUT2D eigenvalue weighted by molar-refractivity contribution is 0.133. The number of anilines is 1. The summed E-state index contributed by atoms with van der Waals surface area (Å²) in [4.78, 5) is 7.35. The van der Waals surface area contributed by atoms with Gasteiger partial charge in [-0.1, -0.05) is 12.1 Å². The number of nitrogens with zero attached hydrogens (tertiary/aromatic N) is 2. The SMILES string of the molecule is C=NOCc1ccc(N2CCCCC2)cc1. The zero-order valence-electron chi connectivity index (χ0n) is 9.56. The van der Waals surface area contributed by atoms with E-state index < -0.39 is 0 Å². The molecule has 1 aromatic carbocycles. The van der Waals surface area contributed by atoms with Crippen LogP contribution in [0.5, 0.6) is 0 Å². The van der Waals surface area contributed by atoms with Gasteiger partial charge in [-0.15, -0.1) is 5.16 Å². The molecule has 1 fully saturated rings. The fourth-order valence-corrected chi connectivity index (χ4v) is 2.08. The van der Waals surface area contributed by atoms with Gasteiger partial charge in [-0.25, -0.2) is 0 Å². The third kappa shape index (κ3) is 2.75. The predicted molar refractivity (Wildman–Crippen MR) is 66.8 cm³/mol. The predicted octanol–water partition coefficient (Wildman–Crippen LogP) is 2.81. The highest BCUT2D eigenvalue weighted by atomic mass is 16.6. The summed E-state index contributed by atoms with van der Waals surface area (Å²) in [5, 5.41) is 3.38. The Morgan fingerprint density at radius 2 is 1.81 bits per heavy atom. The van der Waals surface area contributed by atoms with Crippen molar-refractivity contribution in [2.24, 2.45) is 5.16 Å². The molecule has 3 nitrogen and oxygen atoms in total. The Bertz CT molecular complexity index is 328. The van der Waals surface area contributed by atoms with E-state index in [0.717, 1.165) is 5.56 Å². The van der Waals surface area contributed by atoms with Gasteiger partial charge in [-0.2, -0.15) is 0 Å². The van der Waals surface area contributed by atoms with Gasteiger partial charge in [0.05, 0.1) is 0 Å². The maximum atomic E-state index is 4.91. The number of oxime groups is 1. The molecular weight excluding hydrogens is 200 g/mol. The van der Waals surface area contributed by atoms with Crippen LogP contribution in [0.2, 0.25) is 0 Å². The summed E-state index contributed by atoms with van der Waals surface area (Å²) in [7, 11) is 0. The number of benzene rings is 1. The van der Waals surface area contributed by atoms with Gasteiger partial charge in [0.1, 0.15) is 6.61 Å². The van der Waals surface area contributed by atoms with Crippen LogP contribution < -0.4 is 4.90 Å². The van der Waals surface area contributed by atoms with Crippen LogP contribution in [0.15, 0.2) is 29.4 Å². The van der Waals surface area contributed by atoms with Gasteiger partial charge in [-0.05, 0) is 37.0 Å². The summed E-state index contributed by atoms with van der Waals surface area (Å²) >= 11 is 0. The molecule has 0 radical (unpaired) electrons. The first kappa shape index (κ1) is 11.0. The Morgan fingerprint density at radius 1 is 1.12 bits per heavy atom. The van der Waals surface area contributed by atoms with Crippen molar-refractivity contribution in [3.05, 3.63) is 29.8 Å². The smallest absolute Gasteiger partial charge is 0.142 e. The molecule has 2 rings (SSSR count). The summed E-state index contributed by atoms with van der Waals surface area (Å²) in [6.45, 7) is 6.16. The molecule has 1 aliphatic rings. The minimum atomic E-state index is 0.504. The molecule has 0 spiro atoms. The minimum absolute atomic E-state index is 0.504. The largest absolute Gasteiger partial charge is 0.391 e. The second-order valence-corrected chi connectivity index (χ2v) is 4.12. The van der Waals surface area contributed by atoms with Crippen LogP contribution in [-0.2, 0) is 11.4 Å². The van der Waals surface area contributed by atoms with Crippen LogP contribution >= 0.6 is 0 Å². The molecule has 16 heavy (non-hydrogen) atoms. The van der Waals surface area contributed by atoms with Crippen molar-refractivity contribution >= 4 is 12.4 Å². The first-order chi connectivity index (χ1) is 7.90. The Labute approximate surface area is 96.7 Å². The molecule has 0 aliphatic carbocycles. The quantitative estimate of drug-likeness (QED) is 0.573. The van der Waals surface area contributed by atoms with E-state index in [0.29, 0.717) is 6.61 Å². The fourth-order valence-electron chi connectivity index (χ4n) is 2.08. The monoisotopic (exact) mass is 218 g/mol. The van der Waals surface area contributed by atoms with Crippen molar-refractivity contribution in [1.29, 1.82) is 0 Å². The molecule has 1 heterocycles. The van der Waals surface area contributed by atoms with Crippen LogP contribution in [0.4, 0.5) is 5.69 Å². The molecule has 1 aliphatic heterocycles. The minimum Gasteiger partial charge on any atom is -0.391 e. The highest BCUT2D eigenvalue weighted by Crippen LogP contribution is 2.20. The van der Waals surface area contributed by atoms with E-state index in [9.17, 15) is 0 Å². The maximum Gasteiger partial charge on any atom is 0.142 e. The summed E-state index contributed by atoms with van der Waals surface area (Å²) in [6, 6.07) is 8.50. The molecule has 0 N–H and O–H groups in total. The zero-order valence-corrected chi connectivity index (χ0v) is 9.56. The molecule has 0 bridgehead atoms. The van der Waals surface area contributed by atoms with Crippen LogP contribution in [0, 0.1) is 0 Å². The standard InChI is InChI=1S/C13H18N2O/c1-14-16-11-12-5-7-13(8-6-12)15-9-3-2-4-10-15/h5-8H,1-4,9-11H2. The van der Waals surface area contributed by atoms with E-state index in [2.05, 4.69) is 41.0 Å². The van der Waals surface area contributed by atoms with E-state index in [-0.39, 0.29) is 0 Å². The second kappa shape index (κ2) is 5.54. The average molecular weight is 218 g/mol. The topological polar surface area (TPSA) is 24.8 Å². The average Bonchev–Trinajstić information content (AvgIpc) is 2.38. The third-order valence-corrected chi connectivity index (χ3v) is 2.98. The molecule has 86 valence electrons. The fraction of sp³-hybridized carbons (Fsp3) is 0.462. The van der Waals surface area contributed by atoms with Gasteiger partial charge in [0.15, 0.2) is 0 Å². The summed E-state index contributed by atoms with van der Waals surface area (Å²) in [5.41, 5.74) is 2.45. The second-order valence-electron chi connectivity index (χ2n) is 4.12. The third-order valence-electron chi connectivity index (χ3n) is 2.98. The summed E-state index contributed by atoms with van der Waals surface area (Å²) in [6.07, 6.45) is 3.99. The molecule has 0 saturated carbocycles. The lowest BCUT2D eigenvalue weighted by atomic mass is 10.1.